The molecule has 0 spiro atoms. The number of carbonyl (C=O) groups is 7. The van der Waals surface area contributed by atoms with E-state index in [0.29, 0.717) is 0 Å². The van der Waals surface area contributed by atoms with Gasteiger partial charge in [0.15, 0.2) is 58.2 Å². The fourth-order valence-corrected chi connectivity index (χ4v) is 9.71. The van der Waals surface area contributed by atoms with Crippen LogP contribution in [0.15, 0.2) is 30.3 Å². The molecule has 1 unspecified atom stereocenters. The Morgan fingerprint density at radius 1 is 0.469 bits per heavy atom. The van der Waals surface area contributed by atoms with E-state index in [4.69, 9.17) is 94.7 Å². The van der Waals surface area contributed by atoms with Gasteiger partial charge in [0, 0.05) is 16.7 Å². The van der Waals surface area contributed by atoms with Crippen molar-refractivity contribution >= 4 is 41.8 Å². The van der Waals surface area contributed by atoms with Gasteiger partial charge in [0.05, 0.1) is 134 Å². The lowest BCUT2D eigenvalue weighted by Gasteiger charge is -2.44. The van der Waals surface area contributed by atoms with Crippen LogP contribution in [0.5, 0.6) is 69.0 Å². The maximum atomic E-state index is 15.7. The van der Waals surface area contributed by atoms with E-state index < -0.39 is 120 Å². The number of cyclic esters (lactones) is 1. The number of hydrogen-bond donors (Lipinski definition) is 0. The molecule has 0 amide bonds. The first-order valence-corrected chi connectivity index (χ1v) is 24.1. The second-order valence-electron chi connectivity index (χ2n) is 17.2. The standard InChI is InChI=1S/C54H58O27/c1-62-27-15-22(16-28(63-2)38(27)68-7)48(56)81-54-47-46-42(78-52(60)26(20-33(55)67-6)37(53(61)75-14)36-25(51(59)80-47)19-31(66-5)41(71-10)45(36)74-13)32(77-54)21-76-49(57)23-17-29(64-3)39(69-8)43(72-11)34(23)35-24(50(58)79-46)18-30(65-4)40(70-9)44(35)73-12/h15-19,26,32,37,42,46-47,54H,20-21H2,1-14H3/t26?,32-,37+,42-,46+,47-,54+/m1/s1. The highest BCUT2D eigenvalue weighted by molar-refractivity contribution is 6.09. The molecule has 1 fully saturated rings. The fourth-order valence-electron chi connectivity index (χ4n) is 9.71. The van der Waals surface area contributed by atoms with Gasteiger partial charge in [-0.25, -0.2) is 19.2 Å². The Labute approximate surface area is 462 Å². The SMILES string of the molecule is COC(=O)CC1C(=O)O[C@H]2[C@@H]3OC(=O)c4cc(OC)c(OC)c(OC)c4-c4c(cc(OC)c(OC)c4OC)C(=O)OC[C@H]2O[C@@H](OC(=O)c2cc(OC)c(OC)c(OC)c2)[C@@H]3OC(=O)c2cc(OC)c(OC)c(OC)c2[C@H]1C(=O)OC. The topological polar surface area (TPSA) is 304 Å². The predicted octanol–water partition coefficient (Wildman–Crippen LogP) is 4.32. The molecule has 4 aromatic carbocycles. The van der Waals surface area contributed by atoms with E-state index in [9.17, 15) is 14.4 Å². The van der Waals surface area contributed by atoms with E-state index in [-0.39, 0.29) is 85.5 Å². The van der Waals surface area contributed by atoms with Crippen molar-refractivity contribution < 1.29 is 128 Å². The van der Waals surface area contributed by atoms with Crippen molar-refractivity contribution in [1.29, 1.82) is 0 Å². The molecule has 81 heavy (non-hydrogen) atoms. The largest absolute Gasteiger partial charge is 0.493 e. The van der Waals surface area contributed by atoms with Crippen LogP contribution >= 0.6 is 0 Å². The maximum Gasteiger partial charge on any atom is 0.340 e. The van der Waals surface area contributed by atoms with E-state index in [2.05, 4.69) is 0 Å². The molecule has 1 saturated heterocycles. The molecule has 27 nitrogen and oxygen atoms in total. The molecule has 4 aromatic rings. The summed E-state index contributed by atoms with van der Waals surface area (Å²) in [6, 6.07) is 5.88. The number of rotatable bonds is 17. The van der Waals surface area contributed by atoms with Crippen LogP contribution in [0.1, 0.15) is 59.3 Å². The van der Waals surface area contributed by atoms with Crippen LogP contribution in [0.2, 0.25) is 0 Å². The summed E-state index contributed by atoms with van der Waals surface area (Å²) in [5.41, 5.74) is -2.70. The number of methoxy groups -OCH3 is 14. The molecule has 0 aliphatic carbocycles. The van der Waals surface area contributed by atoms with E-state index in [1.807, 2.05) is 0 Å². The average molecular weight is 1140 g/mol. The van der Waals surface area contributed by atoms with Gasteiger partial charge >= 0.3 is 41.8 Å². The Kier molecular flexibility index (Phi) is 18.5. The lowest BCUT2D eigenvalue weighted by atomic mass is 9.80. The molecule has 27 heteroatoms. The molecule has 4 bridgehead atoms. The van der Waals surface area contributed by atoms with Crippen molar-refractivity contribution in [2.24, 2.45) is 5.92 Å². The molecule has 0 aromatic heterocycles. The first-order chi connectivity index (χ1) is 39.0. The van der Waals surface area contributed by atoms with Crippen LogP contribution in [0.4, 0.5) is 0 Å². The van der Waals surface area contributed by atoms with E-state index in [1.165, 1.54) is 96.4 Å². The highest BCUT2D eigenvalue weighted by Crippen LogP contribution is 2.55. The monoisotopic (exact) mass is 1140 g/mol. The molecule has 3 aliphatic heterocycles. The second kappa shape index (κ2) is 25.2. The molecule has 0 radical (unpaired) electrons. The highest BCUT2D eigenvalue weighted by Gasteiger charge is 2.57. The number of benzene rings is 4. The van der Waals surface area contributed by atoms with Crippen molar-refractivity contribution in [3.05, 3.63) is 58.1 Å². The zero-order valence-corrected chi connectivity index (χ0v) is 46.4. The third-order valence-electron chi connectivity index (χ3n) is 13.4. The summed E-state index contributed by atoms with van der Waals surface area (Å²) in [5, 5.41) is 0. The van der Waals surface area contributed by atoms with E-state index in [0.717, 1.165) is 33.5 Å². The number of ether oxygens (including phenoxy) is 20. The average Bonchev–Trinajstić information content (AvgIpc) is 3.29. The third kappa shape index (κ3) is 10.8. The minimum Gasteiger partial charge on any atom is -0.493 e. The summed E-state index contributed by atoms with van der Waals surface area (Å²) in [6.07, 6.45) is -11.7. The zero-order chi connectivity index (χ0) is 59.1. The van der Waals surface area contributed by atoms with E-state index >= 15 is 19.2 Å². The molecule has 0 N–H and O–H groups in total. The molecule has 0 saturated carbocycles. The zero-order valence-electron chi connectivity index (χ0n) is 46.4. The van der Waals surface area contributed by atoms with Gasteiger partial charge in [0.25, 0.3) is 0 Å². The fraction of sp³-hybridized carbons (Fsp3) is 0.426. The number of esters is 7. The summed E-state index contributed by atoms with van der Waals surface area (Å²) < 4.78 is 116. The predicted molar refractivity (Wildman–Crippen MR) is 271 cm³/mol. The summed E-state index contributed by atoms with van der Waals surface area (Å²) in [4.78, 5) is 104. The Morgan fingerprint density at radius 2 is 0.914 bits per heavy atom. The molecule has 3 aliphatic rings. The Balaban J connectivity index is 1.60. The quantitative estimate of drug-likeness (QED) is 0.105. The molecule has 7 atom stereocenters. The van der Waals surface area contributed by atoms with E-state index in [1.54, 1.807) is 0 Å². The second-order valence-corrected chi connectivity index (χ2v) is 17.2. The van der Waals surface area contributed by atoms with Crippen LogP contribution in [-0.2, 0) is 52.3 Å². The Hall–Kier alpha value is -9.27. The van der Waals surface area contributed by atoms with Gasteiger partial charge in [-0.1, -0.05) is 0 Å². The van der Waals surface area contributed by atoms with Crippen molar-refractivity contribution in [3.8, 4) is 80.1 Å². The lowest BCUT2D eigenvalue weighted by molar-refractivity contribution is -0.287. The molecule has 436 valence electrons. The summed E-state index contributed by atoms with van der Waals surface area (Å²) in [7, 11) is 17.0. The van der Waals surface area contributed by atoms with Gasteiger partial charge < -0.3 is 94.7 Å². The first kappa shape index (κ1) is 59.4. The van der Waals surface area contributed by atoms with Gasteiger partial charge in [-0.3, -0.25) is 14.4 Å². The Morgan fingerprint density at radius 3 is 1.38 bits per heavy atom. The van der Waals surface area contributed by atoms with Crippen molar-refractivity contribution in [2.75, 3.05) is 106 Å². The summed E-state index contributed by atoms with van der Waals surface area (Å²) in [5.74, 6) is -14.6. The summed E-state index contributed by atoms with van der Waals surface area (Å²) >= 11 is 0. The van der Waals surface area contributed by atoms with Gasteiger partial charge in [0.1, 0.15) is 18.6 Å². The van der Waals surface area contributed by atoms with Gasteiger partial charge in [0.2, 0.25) is 35.4 Å². The summed E-state index contributed by atoms with van der Waals surface area (Å²) in [6.45, 7) is -0.986. The lowest BCUT2D eigenvalue weighted by Crippen LogP contribution is -2.63. The smallest absolute Gasteiger partial charge is 0.340 e. The van der Waals surface area contributed by atoms with Crippen LogP contribution < -0.4 is 56.8 Å². The van der Waals surface area contributed by atoms with Gasteiger partial charge in [-0.05, 0) is 30.3 Å². The number of carbonyl (C=O) groups excluding carboxylic acids is 7. The maximum absolute atomic E-state index is 15.7. The van der Waals surface area contributed by atoms with Crippen molar-refractivity contribution in [1.82, 2.24) is 0 Å². The Bertz CT molecular complexity index is 3090. The van der Waals surface area contributed by atoms with Gasteiger partial charge in [-0.2, -0.15) is 0 Å². The van der Waals surface area contributed by atoms with Crippen LogP contribution in [0.3, 0.4) is 0 Å². The van der Waals surface area contributed by atoms with Crippen LogP contribution in [-0.4, -0.2) is 179 Å². The van der Waals surface area contributed by atoms with Crippen molar-refractivity contribution in [3.63, 3.8) is 0 Å². The number of hydrogen-bond acceptors (Lipinski definition) is 27. The van der Waals surface area contributed by atoms with Crippen molar-refractivity contribution in [2.45, 2.75) is 43.0 Å². The molecule has 3 heterocycles. The van der Waals surface area contributed by atoms with Gasteiger partial charge in [-0.15, -0.1) is 0 Å². The highest BCUT2D eigenvalue weighted by atomic mass is 16.7. The molecular weight excluding hydrogens is 1080 g/mol. The third-order valence-corrected chi connectivity index (χ3v) is 13.4. The minimum absolute atomic E-state index is 0.00308. The molecular formula is C54H58O27. The number of fused-ring (bicyclic) bond motifs is 4. The van der Waals surface area contributed by atoms with Crippen LogP contribution in [0, 0.1) is 5.92 Å². The first-order valence-electron chi connectivity index (χ1n) is 24.1. The normalized spacial score (nSPS) is 20.2. The molecule has 7 rings (SSSR count). The minimum atomic E-state index is -2.25. The van der Waals surface area contributed by atoms with Crippen LogP contribution in [0.25, 0.3) is 11.1 Å².